The van der Waals surface area contributed by atoms with Crippen molar-refractivity contribution in [1.29, 1.82) is 0 Å². The molecule has 0 aromatic carbocycles. The molecule has 2 aliphatic carbocycles. The lowest BCUT2D eigenvalue weighted by Gasteiger charge is -2.54. The number of aliphatic hydroxyl groups is 2. The van der Waals surface area contributed by atoms with E-state index in [4.69, 9.17) is 4.74 Å². The second kappa shape index (κ2) is 8.39. The molecule has 0 spiro atoms. The highest BCUT2D eigenvalue weighted by Gasteiger charge is 2.50. The van der Waals surface area contributed by atoms with Crippen molar-refractivity contribution in [3.63, 3.8) is 0 Å². The zero-order valence-corrected chi connectivity index (χ0v) is 18.5. The maximum absolute atomic E-state index is 11.5. The van der Waals surface area contributed by atoms with E-state index in [2.05, 4.69) is 40.3 Å². The quantitative estimate of drug-likeness (QED) is 0.461. The van der Waals surface area contributed by atoms with Gasteiger partial charge in [0.25, 0.3) is 0 Å². The molecule has 29 heavy (non-hydrogen) atoms. The molecule has 4 nitrogen and oxygen atoms in total. The number of aliphatic hydroxyl groups excluding tert-OH is 2. The number of carbonyl (C=O) groups excluding carboxylic acids is 1. The first-order chi connectivity index (χ1) is 13.6. The molecule has 0 unspecified atom stereocenters. The highest BCUT2D eigenvalue weighted by atomic mass is 16.6. The molecule has 3 rings (SSSR count). The van der Waals surface area contributed by atoms with Gasteiger partial charge in [-0.2, -0.15) is 0 Å². The Morgan fingerprint density at radius 2 is 2.14 bits per heavy atom. The maximum atomic E-state index is 11.5. The lowest BCUT2D eigenvalue weighted by atomic mass is 9.50. The predicted octanol–water partition coefficient (Wildman–Crippen LogP) is 5.06. The van der Waals surface area contributed by atoms with E-state index in [0.717, 1.165) is 19.3 Å². The summed E-state index contributed by atoms with van der Waals surface area (Å²) in [5.74, 6) is 0.288. The number of allylic oxidation sites excluding steroid dienone is 3. The van der Waals surface area contributed by atoms with Crippen molar-refractivity contribution >= 4 is 5.97 Å². The van der Waals surface area contributed by atoms with E-state index in [-0.39, 0.29) is 10.8 Å². The zero-order chi connectivity index (χ0) is 21.4. The third kappa shape index (κ3) is 4.39. The number of hydrogen-bond acceptors (Lipinski definition) is 4. The Balaban J connectivity index is 1.81. The standard InChI is InChI=1S/C25H38O4/c1-16(2)8-6-12-24(4)13-7-9-20-19(24)11-10-17(3)25(20,5)15-21(26)18-14-22(27)29-23(18)28/h11,14,17,20-21,23,26,28H,1,6-10,12-13,15H2,2-5H3/t17-,20-,21+,23-,24-,25-/m1/s1. The average molecular weight is 403 g/mol. The van der Waals surface area contributed by atoms with Crippen molar-refractivity contribution in [2.75, 3.05) is 0 Å². The molecular weight excluding hydrogens is 364 g/mol. The Morgan fingerprint density at radius 3 is 2.76 bits per heavy atom. The third-order valence-corrected chi connectivity index (χ3v) is 8.05. The minimum atomic E-state index is -1.31. The molecule has 0 amide bonds. The molecule has 0 bridgehead atoms. The minimum Gasteiger partial charge on any atom is -0.429 e. The highest BCUT2D eigenvalue weighted by Crippen LogP contribution is 2.59. The van der Waals surface area contributed by atoms with E-state index < -0.39 is 18.4 Å². The topological polar surface area (TPSA) is 66.8 Å². The molecule has 6 atom stereocenters. The number of cyclic esters (lactones) is 1. The molecule has 1 heterocycles. The average Bonchev–Trinajstić information content (AvgIpc) is 2.97. The number of ether oxygens (including phenoxy) is 1. The summed E-state index contributed by atoms with van der Waals surface area (Å²) in [5.41, 5.74) is 3.27. The van der Waals surface area contributed by atoms with Gasteiger partial charge in [-0.25, -0.2) is 4.79 Å². The van der Waals surface area contributed by atoms with Crippen LogP contribution in [0.4, 0.5) is 0 Å². The molecular formula is C25H38O4. The van der Waals surface area contributed by atoms with Crippen molar-refractivity contribution in [3.8, 4) is 0 Å². The highest BCUT2D eigenvalue weighted by molar-refractivity contribution is 5.85. The lowest BCUT2D eigenvalue weighted by molar-refractivity contribution is -0.152. The number of hydrogen-bond donors (Lipinski definition) is 2. The van der Waals surface area contributed by atoms with Crippen LogP contribution >= 0.6 is 0 Å². The first-order valence-corrected chi connectivity index (χ1v) is 11.2. The van der Waals surface area contributed by atoms with E-state index >= 15 is 0 Å². The summed E-state index contributed by atoms with van der Waals surface area (Å²) in [6, 6.07) is 0. The van der Waals surface area contributed by atoms with Crippen LogP contribution in [0.25, 0.3) is 0 Å². The lowest BCUT2D eigenvalue weighted by Crippen LogP contribution is -2.46. The van der Waals surface area contributed by atoms with Crippen LogP contribution in [-0.2, 0) is 9.53 Å². The van der Waals surface area contributed by atoms with Crippen molar-refractivity contribution in [2.24, 2.45) is 22.7 Å². The van der Waals surface area contributed by atoms with Gasteiger partial charge in [0, 0.05) is 11.6 Å². The van der Waals surface area contributed by atoms with Crippen molar-refractivity contribution < 1.29 is 19.7 Å². The van der Waals surface area contributed by atoms with Gasteiger partial charge in [-0.1, -0.05) is 44.4 Å². The van der Waals surface area contributed by atoms with Gasteiger partial charge in [0.2, 0.25) is 6.29 Å². The fourth-order valence-electron chi connectivity index (χ4n) is 6.01. The van der Waals surface area contributed by atoms with Gasteiger partial charge in [-0.3, -0.25) is 0 Å². The van der Waals surface area contributed by atoms with Gasteiger partial charge in [0.15, 0.2) is 0 Å². The van der Waals surface area contributed by atoms with E-state index in [0.29, 0.717) is 23.8 Å². The van der Waals surface area contributed by atoms with E-state index in [1.165, 1.54) is 37.3 Å². The van der Waals surface area contributed by atoms with Crippen molar-refractivity contribution in [2.45, 2.75) is 91.5 Å². The van der Waals surface area contributed by atoms with Gasteiger partial charge in [0.1, 0.15) is 0 Å². The molecule has 4 heteroatoms. The molecule has 2 N–H and O–H groups in total. The van der Waals surface area contributed by atoms with Crippen LogP contribution in [0.3, 0.4) is 0 Å². The Hall–Kier alpha value is -1.39. The monoisotopic (exact) mass is 402 g/mol. The normalized spacial score (nSPS) is 38.0. The summed E-state index contributed by atoms with van der Waals surface area (Å²) < 4.78 is 4.79. The molecule has 1 aliphatic heterocycles. The van der Waals surface area contributed by atoms with Crippen LogP contribution in [0.1, 0.15) is 79.1 Å². The molecule has 0 aromatic rings. The summed E-state index contributed by atoms with van der Waals surface area (Å²) in [6.45, 7) is 13.1. The Kier molecular flexibility index (Phi) is 6.45. The number of fused-ring (bicyclic) bond motifs is 1. The van der Waals surface area contributed by atoms with Crippen molar-refractivity contribution in [3.05, 3.63) is 35.5 Å². The summed E-state index contributed by atoms with van der Waals surface area (Å²) in [4.78, 5) is 11.5. The fourth-order valence-corrected chi connectivity index (χ4v) is 6.01. The van der Waals surface area contributed by atoms with Gasteiger partial charge < -0.3 is 14.9 Å². The smallest absolute Gasteiger partial charge is 0.333 e. The van der Waals surface area contributed by atoms with E-state index in [1.807, 2.05) is 0 Å². The SMILES string of the molecule is C=C(C)CCC[C@]1(C)CCC[C@@H]2C1=CC[C@@H](C)[C@@]2(C)C[C@H](O)C1=CC(=O)O[C@H]1O. The summed E-state index contributed by atoms with van der Waals surface area (Å²) >= 11 is 0. The summed E-state index contributed by atoms with van der Waals surface area (Å²) in [7, 11) is 0. The Bertz CT molecular complexity index is 720. The molecule has 1 saturated carbocycles. The first kappa shape index (κ1) is 22.3. The van der Waals surface area contributed by atoms with Gasteiger partial charge >= 0.3 is 5.97 Å². The number of rotatable bonds is 7. The second-order valence-electron chi connectivity index (χ2n) is 10.3. The van der Waals surface area contributed by atoms with Crippen LogP contribution in [0, 0.1) is 22.7 Å². The molecule has 162 valence electrons. The second-order valence-corrected chi connectivity index (χ2v) is 10.3. The van der Waals surface area contributed by atoms with Crippen LogP contribution in [0.5, 0.6) is 0 Å². The van der Waals surface area contributed by atoms with E-state index in [1.54, 1.807) is 5.57 Å². The molecule has 3 aliphatic rings. The van der Waals surface area contributed by atoms with Crippen LogP contribution in [-0.4, -0.2) is 28.6 Å². The first-order valence-electron chi connectivity index (χ1n) is 11.2. The molecule has 0 aromatic heterocycles. The fraction of sp³-hybridized carbons (Fsp3) is 0.720. The van der Waals surface area contributed by atoms with E-state index in [9.17, 15) is 15.0 Å². The third-order valence-electron chi connectivity index (χ3n) is 8.05. The van der Waals surface area contributed by atoms with Crippen LogP contribution in [0.2, 0.25) is 0 Å². The molecule has 0 saturated heterocycles. The zero-order valence-electron chi connectivity index (χ0n) is 18.5. The van der Waals surface area contributed by atoms with Gasteiger partial charge in [-0.15, -0.1) is 6.58 Å². The summed E-state index contributed by atoms with van der Waals surface area (Å²) in [5, 5.41) is 20.9. The molecule has 1 fully saturated rings. The Labute approximate surface area is 175 Å². The largest absolute Gasteiger partial charge is 0.429 e. The van der Waals surface area contributed by atoms with Crippen molar-refractivity contribution in [1.82, 2.24) is 0 Å². The summed E-state index contributed by atoms with van der Waals surface area (Å²) in [6.07, 6.45) is 10.1. The van der Waals surface area contributed by atoms with Gasteiger partial charge in [0.05, 0.1) is 6.10 Å². The predicted molar refractivity (Wildman–Crippen MR) is 115 cm³/mol. The Morgan fingerprint density at radius 1 is 1.41 bits per heavy atom. The maximum Gasteiger partial charge on any atom is 0.333 e. The van der Waals surface area contributed by atoms with Gasteiger partial charge in [-0.05, 0) is 74.5 Å². The molecule has 0 radical (unpaired) electrons. The minimum absolute atomic E-state index is 0.0776. The van der Waals surface area contributed by atoms with Crippen LogP contribution < -0.4 is 0 Å². The number of carbonyl (C=O) groups is 1. The van der Waals surface area contributed by atoms with Crippen LogP contribution in [0.15, 0.2) is 35.5 Å². The number of esters is 1.